The van der Waals surface area contributed by atoms with E-state index in [-0.39, 0.29) is 5.41 Å². The molecule has 1 aromatic heterocycles. The minimum absolute atomic E-state index is 0.0766. The van der Waals surface area contributed by atoms with Crippen LogP contribution >= 0.6 is 11.6 Å². The van der Waals surface area contributed by atoms with Crippen LogP contribution in [0.4, 0.5) is 0 Å². The second-order valence-electron chi connectivity index (χ2n) is 4.41. The zero-order valence-electron chi connectivity index (χ0n) is 9.21. The van der Waals surface area contributed by atoms with Gasteiger partial charge >= 0.3 is 0 Å². The van der Waals surface area contributed by atoms with Crippen LogP contribution in [0.2, 0.25) is 0 Å². The molecule has 14 heavy (non-hydrogen) atoms. The lowest BCUT2D eigenvalue weighted by molar-refractivity contribution is 0.552. The van der Waals surface area contributed by atoms with Gasteiger partial charge in [-0.15, -0.1) is 11.6 Å². The minimum atomic E-state index is 0.0766. The molecule has 1 aromatic rings. The molecule has 0 aliphatic carbocycles. The molecular weight excluding hydrogens is 196 g/mol. The summed E-state index contributed by atoms with van der Waals surface area (Å²) in [6, 6.07) is 0. The molecule has 0 bridgehead atoms. The van der Waals surface area contributed by atoms with E-state index in [0.29, 0.717) is 5.88 Å². The van der Waals surface area contributed by atoms with Crippen LogP contribution in [0.5, 0.6) is 0 Å². The van der Waals surface area contributed by atoms with Gasteiger partial charge in [0, 0.05) is 30.1 Å². The third-order valence-electron chi connectivity index (χ3n) is 1.95. The van der Waals surface area contributed by atoms with E-state index in [1.165, 1.54) is 0 Å². The predicted molar refractivity (Wildman–Crippen MR) is 61.7 cm³/mol. The van der Waals surface area contributed by atoms with Gasteiger partial charge in [-0.25, -0.2) is 0 Å². The van der Waals surface area contributed by atoms with E-state index in [1.54, 1.807) is 0 Å². The Kier molecular flexibility index (Phi) is 3.38. The number of allylic oxidation sites excluding steroid dienone is 1. The summed E-state index contributed by atoms with van der Waals surface area (Å²) >= 11 is 5.61. The third kappa shape index (κ3) is 2.61. The number of alkyl halides is 1. The van der Waals surface area contributed by atoms with Crippen molar-refractivity contribution in [2.24, 2.45) is 7.05 Å². The normalized spacial score (nSPS) is 12.6. The van der Waals surface area contributed by atoms with Crippen molar-refractivity contribution in [3.05, 3.63) is 23.5 Å². The molecule has 0 spiro atoms. The maximum atomic E-state index is 5.61. The predicted octanol–water partition coefficient (Wildman–Crippen LogP) is 2.97. The fraction of sp³-hybridized carbons (Fsp3) is 0.545. The van der Waals surface area contributed by atoms with Crippen molar-refractivity contribution < 1.29 is 0 Å². The van der Waals surface area contributed by atoms with Gasteiger partial charge in [0.15, 0.2) is 0 Å². The zero-order valence-corrected chi connectivity index (χ0v) is 9.97. The van der Waals surface area contributed by atoms with Gasteiger partial charge in [0.2, 0.25) is 0 Å². The van der Waals surface area contributed by atoms with E-state index in [1.807, 2.05) is 30.1 Å². The van der Waals surface area contributed by atoms with Crippen molar-refractivity contribution in [1.82, 2.24) is 9.78 Å². The summed E-state index contributed by atoms with van der Waals surface area (Å²) in [4.78, 5) is 0. The van der Waals surface area contributed by atoms with E-state index in [2.05, 4.69) is 25.9 Å². The smallest absolute Gasteiger partial charge is 0.0750 e. The van der Waals surface area contributed by atoms with Crippen LogP contribution < -0.4 is 0 Å². The molecular formula is C11H17ClN2. The molecule has 2 nitrogen and oxygen atoms in total. The van der Waals surface area contributed by atoms with Crippen LogP contribution in [0, 0.1) is 0 Å². The first-order chi connectivity index (χ1) is 6.45. The Morgan fingerprint density at radius 3 is 2.64 bits per heavy atom. The molecule has 3 heteroatoms. The molecule has 0 aliphatic heterocycles. The van der Waals surface area contributed by atoms with Gasteiger partial charge in [-0.1, -0.05) is 32.9 Å². The molecule has 1 heterocycles. The Balaban J connectivity index is 3.09. The molecule has 0 radical (unpaired) electrons. The molecule has 0 saturated heterocycles. The van der Waals surface area contributed by atoms with Crippen molar-refractivity contribution in [3.63, 3.8) is 0 Å². The quantitative estimate of drug-likeness (QED) is 0.690. The standard InChI is InChI=1S/C11H17ClN2/c1-11(2,3)10-9(6-5-7-12)8-14(4)13-10/h5-6,8H,7H2,1-4H3/b6-5+. The lowest BCUT2D eigenvalue weighted by Gasteiger charge is -2.16. The average Bonchev–Trinajstić information content (AvgIpc) is 2.42. The van der Waals surface area contributed by atoms with Crippen molar-refractivity contribution in [2.45, 2.75) is 26.2 Å². The van der Waals surface area contributed by atoms with Crippen LogP contribution in [0.25, 0.3) is 6.08 Å². The number of aromatic nitrogens is 2. The van der Waals surface area contributed by atoms with Crippen LogP contribution in [-0.4, -0.2) is 15.7 Å². The highest BCUT2D eigenvalue weighted by atomic mass is 35.5. The first-order valence-corrected chi connectivity index (χ1v) is 5.25. The molecule has 0 fully saturated rings. The summed E-state index contributed by atoms with van der Waals surface area (Å²) in [6.07, 6.45) is 5.98. The van der Waals surface area contributed by atoms with Gasteiger partial charge in [-0.2, -0.15) is 5.10 Å². The first-order valence-electron chi connectivity index (χ1n) is 4.72. The maximum absolute atomic E-state index is 5.61. The molecule has 0 N–H and O–H groups in total. The Labute approximate surface area is 90.6 Å². The topological polar surface area (TPSA) is 17.8 Å². The summed E-state index contributed by atoms with van der Waals surface area (Å²) < 4.78 is 1.84. The first kappa shape index (κ1) is 11.3. The van der Waals surface area contributed by atoms with Crippen LogP contribution in [0.3, 0.4) is 0 Å². The molecule has 0 aliphatic rings. The number of hydrogen-bond acceptors (Lipinski definition) is 1. The lowest BCUT2D eigenvalue weighted by atomic mass is 9.89. The maximum Gasteiger partial charge on any atom is 0.0750 e. The number of nitrogens with zero attached hydrogens (tertiary/aromatic N) is 2. The van der Waals surface area contributed by atoms with Gasteiger partial charge in [-0.3, -0.25) is 4.68 Å². The second-order valence-corrected chi connectivity index (χ2v) is 4.72. The Morgan fingerprint density at radius 2 is 2.14 bits per heavy atom. The highest BCUT2D eigenvalue weighted by Gasteiger charge is 2.20. The van der Waals surface area contributed by atoms with Crippen LogP contribution in [0.15, 0.2) is 12.3 Å². The fourth-order valence-electron chi connectivity index (χ4n) is 1.38. The number of rotatable bonds is 2. The van der Waals surface area contributed by atoms with Crippen LogP contribution in [-0.2, 0) is 12.5 Å². The van der Waals surface area contributed by atoms with Crippen molar-refractivity contribution in [3.8, 4) is 0 Å². The van der Waals surface area contributed by atoms with E-state index in [0.717, 1.165) is 11.3 Å². The van der Waals surface area contributed by atoms with Gasteiger partial charge in [0.05, 0.1) is 5.69 Å². The van der Waals surface area contributed by atoms with E-state index in [4.69, 9.17) is 11.6 Å². The van der Waals surface area contributed by atoms with E-state index < -0.39 is 0 Å². The highest BCUT2D eigenvalue weighted by molar-refractivity contribution is 6.19. The second kappa shape index (κ2) is 4.18. The molecule has 0 atom stereocenters. The molecule has 0 aromatic carbocycles. The van der Waals surface area contributed by atoms with E-state index in [9.17, 15) is 0 Å². The lowest BCUT2D eigenvalue weighted by Crippen LogP contribution is -2.13. The number of aryl methyl sites for hydroxylation is 1. The van der Waals surface area contributed by atoms with Gasteiger partial charge in [0.1, 0.15) is 0 Å². The Bertz CT molecular complexity index is 332. The monoisotopic (exact) mass is 212 g/mol. The summed E-state index contributed by atoms with van der Waals surface area (Å²) in [5.41, 5.74) is 2.34. The summed E-state index contributed by atoms with van der Waals surface area (Å²) in [7, 11) is 1.94. The van der Waals surface area contributed by atoms with Gasteiger partial charge in [-0.05, 0) is 0 Å². The van der Waals surface area contributed by atoms with Crippen molar-refractivity contribution >= 4 is 17.7 Å². The van der Waals surface area contributed by atoms with Crippen molar-refractivity contribution in [1.29, 1.82) is 0 Å². The number of halogens is 1. The Morgan fingerprint density at radius 1 is 1.50 bits per heavy atom. The highest BCUT2D eigenvalue weighted by Crippen LogP contribution is 2.24. The third-order valence-corrected chi connectivity index (χ3v) is 2.13. The minimum Gasteiger partial charge on any atom is -0.275 e. The summed E-state index contributed by atoms with van der Waals surface area (Å²) in [5, 5.41) is 4.46. The SMILES string of the molecule is Cn1cc(/C=C/CCl)c(C(C)(C)C)n1. The van der Waals surface area contributed by atoms with Crippen molar-refractivity contribution in [2.75, 3.05) is 5.88 Å². The molecule has 0 unspecified atom stereocenters. The average molecular weight is 213 g/mol. The summed E-state index contributed by atoms with van der Waals surface area (Å²) in [5.74, 6) is 0.540. The van der Waals surface area contributed by atoms with E-state index >= 15 is 0 Å². The molecule has 1 rings (SSSR count). The summed E-state index contributed by atoms with van der Waals surface area (Å²) in [6.45, 7) is 6.48. The van der Waals surface area contributed by atoms with Gasteiger partial charge < -0.3 is 0 Å². The van der Waals surface area contributed by atoms with Gasteiger partial charge in [0.25, 0.3) is 0 Å². The fourth-order valence-corrected chi connectivity index (χ4v) is 1.47. The molecule has 0 amide bonds. The largest absolute Gasteiger partial charge is 0.275 e. The molecule has 78 valence electrons. The zero-order chi connectivity index (χ0) is 10.8. The van der Waals surface area contributed by atoms with Crippen LogP contribution in [0.1, 0.15) is 32.0 Å². The number of hydrogen-bond donors (Lipinski definition) is 0. The Hall–Kier alpha value is -0.760. The molecule has 0 saturated carbocycles.